The lowest BCUT2D eigenvalue weighted by Gasteiger charge is -2.28. The van der Waals surface area contributed by atoms with Crippen molar-refractivity contribution in [1.29, 1.82) is 0 Å². The first-order chi connectivity index (χ1) is 20.3. The summed E-state index contributed by atoms with van der Waals surface area (Å²) in [7, 11) is 0. The second-order valence-corrected chi connectivity index (χ2v) is 11.1. The summed E-state index contributed by atoms with van der Waals surface area (Å²) in [4.78, 5) is 73.8. The number of nitro benzene ring substituents is 1. The Hall–Kier alpha value is -5.26. The van der Waals surface area contributed by atoms with Crippen LogP contribution in [-0.2, 0) is 25.6 Å². The first-order valence-corrected chi connectivity index (χ1v) is 13.6. The number of nitro groups is 1. The highest BCUT2D eigenvalue weighted by atomic mass is 16.6. The van der Waals surface area contributed by atoms with Gasteiger partial charge in [-0.3, -0.25) is 34.3 Å². The number of para-hydroxylation sites is 1. The number of anilines is 1. The van der Waals surface area contributed by atoms with Gasteiger partial charge >= 0.3 is 0 Å². The van der Waals surface area contributed by atoms with Gasteiger partial charge in [-0.15, -0.1) is 0 Å². The number of rotatable bonds is 9. The predicted molar refractivity (Wildman–Crippen MR) is 159 cm³/mol. The number of aliphatic imine (C=N–C) groups is 1. The number of non-ortho nitro benzene ring substituents is 1. The monoisotopic (exact) mass is 584 g/mol. The molecule has 0 spiro atoms. The smallest absolute Gasteiger partial charge is 0.272 e. The average molecular weight is 585 g/mol. The third-order valence-electron chi connectivity index (χ3n) is 6.79. The van der Waals surface area contributed by atoms with E-state index in [-0.39, 0.29) is 24.4 Å². The van der Waals surface area contributed by atoms with Crippen LogP contribution in [0.3, 0.4) is 0 Å². The highest BCUT2D eigenvalue weighted by Crippen LogP contribution is 2.29. The number of carbonyl (C=O) groups excluding carboxylic acids is 4. The second kappa shape index (κ2) is 12.7. The Morgan fingerprint density at radius 3 is 2.44 bits per heavy atom. The molecule has 12 heteroatoms. The first-order valence-electron chi connectivity index (χ1n) is 13.6. The average Bonchev–Trinajstić information content (AvgIpc) is 3.07. The summed E-state index contributed by atoms with van der Waals surface area (Å²) in [5.41, 5.74) is 1.34. The van der Waals surface area contributed by atoms with Crippen LogP contribution < -0.4 is 15.5 Å². The fourth-order valence-corrected chi connectivity index (χ4v) is 4.36. The van der Waals surface area contributed by atoms with E-state index in [1.165, 1.54) is 30.0 Å². The van der Waals surface area contributed by atoms with Gasteiger partial charge in [0, 0.05) is 29.3 Å². The molecule has 2 heterocycles. The van der Waals surface area contributed by atoms with Crippen LogP contribution in [0.4, 0.5) is 11.4 Å². The summed E-state index contributed by atoms with van der Waals surface area (Å²) in [6.07, 6.45) is -0.0387. The molecule has 12 nitrogen and oxygen atoms in total. The summed E-state index contributed by atoms with van der Waals surface area (Å²) in [6.45, 7) is 6.48. The van der Waals surface area contributed by atoms with Gasteiger partial charge < -0.3 is 15.5 Å². The van der Waals surface area contributed by atoms with Crippen LogP contribution in [0.15, 0.2) is 77.9 Å². The van der Waals surface area contributed by atoms with Crippen molar-refractivity contribution in [2.45, 2.75) is 46.3 Å². The van der Waals surface area contributed by atoms with E-state index in [0.29, 0.717) is 28.2 Å². The van der Waals surface area contributed by atoms with Gasteiger partial charge in [0.25, 0.3) is 11.6 Å². The number of ketones is 1. The maximum absolute atomic E-state index is 13.9. The van der Waals surface area contributed by atoms with Crippen LogP contribution >= 0.6 is 0 Å². The van der Waals surface area contributed by atoms with Crippen LogP contribution in [0.5, 0.6) is 0 Å². The van der Waals surface area contributed by atoms with Gasteiger partial charge in [-0.2, -0.15) is 0 Å². The van der Waals surface area contributed by atoms with Gasteiger partial charge in [-0.05, 0) is 30.7 Å². The largest absolute Gasteiger partial charge is 0.344 e. The lowest BCUT2D eigenvalue weighted by atomic mass is 9.90. The van der Waals surface area contributed by atoms with Gasteiger partial charge in [0.15, 0.2) is 5.78 Å². The van der Waals surface area contributed by atoms with E-state index in [1.807, 2.05) is 0 Å². The Bertz CT molecular complexity index is 1600. The molecule has 1 aromatic heterocycles. The number of fused-ring (bicyclic) bond motifs is 1. The number of aromatic nitrogens is 1. The van der Waals surface area contributed by atoms with E-state index in [4.69, 9.17) is 0 Å². The fraction of sp³-hybridized carbons (Fsp3) is 0.290. The molecule has 1 unspecified atom stereocenters. The summed E-state index contributed by atoms with van der Waals surface area (Å²) in [5.74, 6) is -2.05. The van der Waals surface area contributed by atoms with Crippen molar-refractivity contribution in [2.75, 3.05) is 11.4 Å². The molecule has 0 saturated carbocycles. The van der Waals surface area contributed by atoms with Crippen LogP contribution in [-0.4, -0.2) is 57.9 Å². The van der Waals surface area contributed by atoms with Crippen molar-refractivity contribution in [3.8, 4) is 0 Å². The normalized spacial score (nSPS) is 15.4. The van der Waals surface area contributed by atoms with Gasteiger partial charge in [0.2, 0.25) is 18.0 Å². The van der Waals surface area contributed by atoms with E-state index in [2.05, 4.69) is 20.6 Å². The Morgan fingerprint density at radius 1 is 1.05 bits per heavy atom. The van der Waals surface area contributed by atoms with Gasteiger partial charge in [-0.25, -0.2) is 4.99 Å². The van der Waals surface area contributed by atoms with Crippen molar-refractivity contribution in [1.82, 2.24) is 15.6 Å². The molecule has 0 aliphatic carbocycles. The maximum Gasteiger partial charge on any atom is 0.272 e. The van der Waals surface area contributed by atoms with Crippen molar-refractivity contribution in [2.24, 2.45) is 10.4 Å². The fourth-order valence-electron chi connectivity index (χ4n) is 4.36. The van der Waals surface area contributed by atoms with Crippen molar-refractivity contribution < 1.29 is 24.1 Å². The Kier molecular flexibility index (Phi) is 9.08. The molecule has 0 saturated heterocycles. The molecule has 43 heavy (non-hydrogen) atoms. The zero-order valence-corrected chi connectivity index (χ0v) is 24.2. The summed E-state index contributed by atoms with van der Waals surface area (Å²) >= 11 is 0. The zero-order valence-electron chi connectivity index (χ0n) is 24.2. The molecule has 0 fully saturated rings. The molecule has 222 valence electrons. The number of Topliss-reactive ketones (excluding diaryl/α,β-unsaturated/α-hetero) is 1. The van der Waals surface area contributed by atoms with Crippen LogP contribution in [0.25, 0.3) is 0 Å². The minimum Gasteiger partial charge on any atom is -0.344 e. The number of amides is 3. The van der Waals surface area contributed by atoms with Crippen molar-refractivity contribution >= 4 is 40.6 Å². The van der Waals surface area contributed by atoms with Crippen LogP contribution in [0.2, 0.25) is 0 Å². The summed E-state index contributed by atoms with van der Waals surface area (Å²) in [5, 5.41) is 16.2. The zero-order chi connectivity index (χ0) is 31.3. The number of benzene rings is 2. The lowest BCUT2D eigenvalue weighted by molar-refractivity contribution is -0.384. The van der Waals surface area contributed by atoms with E-state index in [9.17, 15) is 29.3 Å². The van der Waals surface area contributed by atoms with Crippen LogP contribution in [0, 0.1) is 15.5 Å². The highest BCUT2D eigenvalue weighted by Gasteiger charge is 2.36. The topological polar surface area (TPSA) is 164 Å². The van der Waals surface area contributed by atoms with E-state index >= 15 is 0 Å². The minimum atomic E-state index is -1.43. The van der Waals surface area contributed by atoms with Gasteiger partial charge in [-0.1, -0.05) is 57.2 Å². The SMILES string of the molecule is C[C@H](NC(=O)Cc1cccc([N+](=O)[O-])c1)C(=O)NC1N=C(c2ccccn2)c2ccccc2N(CC(=O)C(C)(C)C)C1=O. The predicted octanol–water partition coefficient (Wildman–Crippen LogP) is 2.98. The van der Waals surface area contributed by atoms with E-state index in [1.54, 1.807) is 75.5 Å². The highest BCUT2D eigenvalue weighted by molar-refractivity contribution is 6.20. The Balaban J connectivity index is 1.61. The molecule has 3 amide bonds. The Morgan fingerprint density at radius 2 is 1.77 bits per heavy atom. The minimum absolute atomic E-state index is 0.153. The van der Waals surface area contributed by atoms with E-state index in [0.717, 1.165) is 0 Å². The first kappa shape index (κ1) is 30.7. The number of pyridine rings is 1. The molecule has 2 atom stereocenters. The van der Waals surface area contributed by atoms with Gasteiger partial charge in [0.05, 0.1) is 35.0 Å². The molecule has 3 aromatic rings. The number of hydrogen-bond acceptors (Lipinski definition) is 8. The number of nitrogens with zero attached hydrogens (tertiary/aromatic N) is 4. The molecule has 2 aromatic carbocycles. The summed E-state index contributed by atoms with van der Waals surface area (Å²) < 4.78 is 0. The molecule has 2 N–H and O–H groups in total. The molecule has 0 bridgehead atoms. The van der Waals surface area contributed by atoms with Crippen LogP contribution in [0.1, 0.15) is 44.5 Å². The number of benzodiazepines with no additional fused rings is 1. The molecule has 1 aliphatic heterocycles. The molecule has 4 rings (SSSR count). The maximum atomic E-state index is 13.9. The lowest BCUT2D eigenvalue weighted by Crippen LogP contribution is -2.54. The van der Waals surface area contributed by atoms with E-state index < -0.39 is 40.3 Å². The molecular formula is C31H32N6O6. The molecule has 0 radical (unpaired) electrons. The molecule has 1 aliphatic rings. The Labute approximate surface area is 248 Å². The third-order valence-corrected chi connectivity index (χ3v) is 6.79. The number of carbonyl (C=O) groups is 4. The summed E-state index contributed by atoms with van der Waals surface area (Å²) in [6, 6.07) is 16.8. The van der Waals surface area contributed by atoms with Gasteiger partial charge in [0.1, 0.15) is 6.04 Å². The third kappa shape index (κ3) is 7.34. The molecular weight excluding hydrogens is 552 g/mol. The standard InChI is InChI=1S/C31H32N6O6/c1-19(33-26(39)17-20-10-9-11-21(16-20)37(42)43)29(40)35-28-30(41)36(18-25(38)31(2,3)4)24-14-6-5-12-22(24)27(34-28)23-13-7-8-15-32-23/h5-16,19,28H,17-18H2,1-4H3,(H,33,39)(H,35,40)/t19-,28?/m0/s1. The number of nitrogens with one attached hydrogen (secondary N) is 2. The van der Waals surface area contributed by atoms with Crippen molar-refractivity contribution in [3.63, 3.8) is 0 Å². The number of hydrogen-bond donors (Lipinski definition) is 2. The quantitative estimate of drug-likeness (QED) is 0.288. The van der Waals surface area contributed by atoms with Crippen molar-refractivity contribution in [3.05, 3.63) is 99.9 Å². The second-order valence-electron chi connectivity index (χ2n) is 11.1.